The molecular formula is C16H22N4O3. The topological polar surface area (TPSA) is 90.0 Å². The van der Waals surface area contributed by atoms with Crippen LogP contribution in [0.15, 0.2) is 21.5 Å². The van der Waals surface area contributed by atoms with Crippen LogP contribution in [-0.4, -0.2) is 20.6 Å². The zero-order valence-electron chi connectivity index (χ0n) is 13.9. The molecule has 7 nitrogen and oxygen atoms in total. The normalized spacial score (nSPS) is 11.0. The Bertz CT molecular complexity index is 746. The van der Waals surface area contributed by atoms with Crippen molar-refractivity contribution in [2.45, 2.75) is 47.2 Å². The molecule has 7 heteroatoms. The summed E-state index contributed by atoms with van der Waals surface area (Å²) in [5.74, 6) is 0.814. The van der Waals surface area contributed by atoms with Gasteiger partial charge in [-0.3, -0.25) is 9.36 Å². The number of aryl methyl sites for hydroxylation is 2. The fraction of sp³-hybridized carbons (Fsp3) is 0.500. The second kappa shape index (κ2) is 7.21. The number of nitrogens with zero attached hydrogens (tertiary/aromatic N) is 3. The summed E-state index contributed by atoms with van der Waals surface area (Å²) in [7, 11) is 0. The predicted octanol–water partition coefficient (Wildman–Crippen LogP) is 1.36. The monoisotopic (exact) mass is 318 g/mol. The van der Waals surface area contributed by atoms with Gasteiger partial charge in [0.2, 0.25) is 5.91 Å². The van der Waals surface area contributed by atoms with Gasteiger partial charge in [0.25, 0.3) is 0 Å². The Morgan fingerprint density at radius 1 is 1.35 bits per heavy atom. The van der Waals surface area contributed by atoms with Gasteiger partial charge in [0.1, 0.15) is 6.54 Å². The maximum atomic E-state index is 12.0. The van der Waals surface area contributed by atoms with Crippen LogP contribution in [0.25, 0.3) is 0 Å². The van der Waals surface area contributed by atoms with Gasteiger partial charge >= 0.3 is 5.69 Å². The van der Waals surface area contributed by atoms with Crippen molar-refractivity contribution in [3.63, 3.8) is 0 Å². The number of hydrogen-bond donors (Lipinski definition) is 1. The highest BCUT2D eigenvalue weighted by atomic mass is 16.5. The Balaban J connectivity index is 1.93. The Labute approximate surface area is 134 Å². The molecule has 0 aliphatic carbocycles. The maximum Gasteiger partial charge on any atom is 0.348 e. The van der Waals surface area contributed by atoms with Crippen LogP contribution in [0.5, 0.6) is 0 Å². The molecular weight excluding hydrogens is 296 g/mol. The van der Waals surface area contributed by atoms with Crippen molar-refractivity contribution in [3.8, 4) is 0 Å². The predicted molar refractivity (Wildman–Crippen MR) is 84.9 cm³/mol. The van der Waals surface area contributed by atoms with E-state index in [9.17, 15) is 9.59 Å². The van der Waals surface area contributed by atoms with E-state index in [1.807, 2.05) is 6.07 Å². The van der Waals surface area contributed by atoms with Crippen LogP contribution in [0.2, 0.25) is 0 Å². The molecule has 0 aliphatic heterocycles. The van der Waals surface area contributed by atoms with Crippen molar-refractivity contribution in [2.75, 3.05) is 0 Å². The van der Waals surface area contributed by atoms with E-state index in [1.54, 1.807) is 19.9 Å². The molecule has 2 rings (SSSR count). The lowest BCUT2D eigenvalue weighted by Crippen LogP contribution is -2.34. The molecule has 0 atom stereocenters. The second-order valence-electron chi connectivity index (χ2n) is 6.07. The van der Waals surface area contributed by atoms with Gasteiger partial charge < -0.3 is 9.84 Å². The lowest BCUT2D eigenvalue weighted by molar-refractivity contribution is -0.122. The van der Waals surface area contributed by atoms with E-state index in [0.717, 1.165) is 12.1 Å². The van der Waals surface area contributed by atoms with E-state index < -0.39 is 5.69 Å². The number of rotatable bonds is 6. The molecule has 2 aromatic rings. The molecule has 124 valence electrons. The summed E-state index contributed by atoms with van der Waals surface area (Å²) in [6.07, 6.45) is 0.834. The fourth-order valence-corrected chi connectivity index (χ4v) is 2.31. The number of carbonyl (C=O) groups excluding carboxylic acids is 1. The van der Waals surface area contributed by atoms with Gasteiger partial charge in [0.15, 0.2) is 5.76 Å². The molecule has 0 saturated carbocycles. The van der Waals surface area contributed by atoms with E-state index in [0.29, 0.717) is 23.1 Å². The number of hydrogen-bond acceptors (Lipinski definition) is 5. The van der Waals surface area contributed by atoms with Crippen LogP contribution in [0.3, 0.4) is 0 Å². The first kappa shape index (κ1) is 16.9. The Morgan fingerprint density at radius 3 is 2.74 bits per heavy atom. The third-order valence-corrected chi connectivity index (χ3v) is 3.33. The molecule has 0 saturated heterocycles. The van der Waals surface area contributed by atoms with Gasteiger partial charge in [-0.2, -0.15) is 4.98 Å². The Kier molecular flexibility index (Phi) is 5.31. The summed E-state index contributed by atoms with van der Waals surface area (Å²) in [5.41, 5.74) is 1.80. The molecule has 2 heterocycles. The van der Waals surface area contributed by atoms with Crippen molar-refractivity contribution in [1.29, 1.82) is 0 Å². The quantitative estimate of drug-likeness (QED) is 0.868. The summed E-state index contributed by atoms with van der Waals surface area (Å²) in [6.45, 7) is 7.91. The first-order valence-corrected chi connectivity index (χ1v) is 7.61. The van der Waals surface area contributed by atoms with Crippen molar-refractivity contribution in [3.05, 3.63) is 45.5 Å². The van der Waals surface area contributed by atoms with Crippen molar-refractivity contribution in [1.82, 2.24) is 20.0 Å². The van der Waals surface area contributed by atoms with Crippen LogP contribution in [0.4, 0.5) is 0 Å². The highest BCUT2D eigenvalue weighted by Gasteiger charge is 2.10. The highest BCUT2D eigenvalue weighted by molar-refractivity contribution is 5.75. The largest absolute Gasteiger partial charge is 0.359 e. The molecule has 2 aromatic heterocycles. The van der Waals surface area contributed by atoms with Crippen molar-refractivity contribution in [2.24, 2.45) is 5.92 Å². The third kappa shape index (κ3) is 4.77. The van der Waals surface area contributed by atoms with Gasteiger partial charge in [-0.05, 0) is 32.3 Å². The molecule has 23 heavy (non-hydrogen) atoms. The zero-order valence-corrected chi connectivity index (χ0v) is 13.9. The zero-order chi connectivity index (χ0) is 17.0. The average molecular weight is 318 g/mol. The van der Waals surface area contributed by atoms with Crippen LogP contribution >= 0.6 is 0 Å². The van der Waals surface area contributed by atoms with E-state index in [2.05, 4.69) is 29.3 Å². The summed E-state index contributed by atoms with van der Waals surface area (Å²) >= 11 is 0. The standard InChI is InChI=1S/C16H22N4O3/c1-10(2)5-13-7-14(23-19-13)8-17-15(21)9-20-12(4)6-11(3)18-16(20)22/h6-7,10H,5,8-9H2,1-4H3,(H,17,21). The molecule has 0 radical (unpaired) electrons. The Hall–Kier alpha value is -2.44. The van der Waals surface area contributed by atoms with Gasteiger partial charge in [0, 0.05) is 17.5 Å². The summed E-state index contributed by atoms with van der Waals surface area (Å²) in [6, 6.07) is 3.61. The summed E-state index contributed by atoms with van der Waals surface area (Å²) in [5, 5.41) is 6.69. The molecule has 1 amide bonds. The van der Waals surface area contributed by atoms with E-state index in [4.69, 9.17) is 4.52 Å². The number of aromatic nitrogens is 3. The highest BCUT2D eigenvalue weighted by Crippen LogP contribution is 2.09. The minimum Gasteiger partial charge on any atom is -0.359 e. The van der Waals surface area contributed by atoms with Crippen LogP contribution in [0.1, 0.15) is 36.7 Å². The minimum absolute atomic E-state index is 0.0645. The average Bonchev–Trinajstić information content (AvgIpc) is 2.87. The van der Waals surface area contributed by atoms with E-state index in [1.165, 1.54) is 4.57 Å². The number of carbonyl (C=O) groups is 1. The van der Waals surface area contributed by atoms with Crippen LogP contribution in [0, 0.1) is 19.8 Å². The molecule has 0 aromatic carbocycles. The van der Waals surface area contributed by atoms with E-state index in [-0.39, 0.29) is 19.0 Å². The minimum atomic E-state index is -0.420. The van der Waals surface area contributed by atoms with Crippen molar-refractivity contribution >= 4 is 5.91 Å². The summed E-state index contributed by atoms with van der Waals surface area (Å²) < 4.78 is 6.52. The lowest BCUT2D eigenvalue weighted by atomic mass is 10.1. The molecule has 0 fully saturated rings. The van der Waals surface area contributed by atoms with Crippen molar-refractivity contribution < 1.29 is 9.32 Å². The molecule has 1 N–H and O–H groups in total. The second-order valence-corrected chi connectivity index (χ2v) is 6.07. The van der Waals surface area contributed by atoms with Gasteiger partial charge in [-0.1, -0.05) is 19.0 Å². The lowest BCUT2D eigenvalue weighted by Gasteiger charge is -2.09. The molecule has 0 spiro atoms. The Morgan fingerprint density at radius 2 is 2.09 bits per heavy atom. The maximum absolute atomic E-state index is 12.0. The number of nitrogens with one attached hydrogen (secondary N) is 1. The summed E-state index contributed by atoms with van der Waals surface area (Å²) in [4.78, 5) is 27.7. The SMILES string of the molecule is Cc1cc(C)n(CC(=O)NCc2cc(CC(C)C)no2)c(=O)n1. The molecule has 0 aliphatic rings. The van der Waals surface area contributed by atoms with Gasteiger partial charge in [-0.25, -0.2) is 4.79 Å². The van der Waals surface area contributed by atoms with Crippen LogP contribution in [-0.2, 0) is 24.3 Å². The van der Waals surface area contributed by atoms with E-state index >= 15 is 0 Å². The first-order chi connectivity index (χ1) is 10.8. The third-order valence-electron chi connectivity index (χ3n) is 3.33. The van der Waals surface area contributed by atoms with Gasteiger partial charge in [-0.15, -0.1) is 0 Å². The smallest absolute Gasteiger partial charge is 0.348 e. The first-order valence-electron chi connectivity index (χ1n) is 7.61. The van der Waals surface area contributed by atoms with Crippen LogP contribution < -0.4 is 11.0 Å². The number of amides is 1. The van der Waals surface area contributed by atoms with Gasteiger partial charge in [0.05, 0.1) is 12.2 Å². The fourth-order valence-electron chi connectivity index (χ4n) is 2.31. The molecule has 0 unspecified atom stereocenters. The molecule has 0 bridgehead atoms.